The number of amides is 1. The number of rotatable bonds is 8. The van der Waals surface area contributed by atoms with Crippen molar-refractivity contribution in [2.24, 2.45) is 11.7 Å². The average Bonchev–Trinajstić information content (AvgIpc) is 2.27. The summed E-state index contributed by atoms with van der Waals surface area (Å²) in [6.45, 7) is 9.99. The van der Waals surface area contributed by atoms with Gasteiger partial charge >= 0.3 is 0 Å². The molecule has 0 bridgehead atoms. The van der Waals surface area contributed by atoms with E-state index in [-0.39, 0.29) is 0 Å². The largest absolute Gasteiger partial charge is 0.340 e. The van der Waals surface area contributed by atoms with Gasteiger partial charge in [-0.3, -0.25) is 4.79 Å². The highest BCUT2D eigenvalue weighted by Gasteiger charge is 2.17. The molecule has 0 aromatic rings. The van der Waals surface area contributed by atoms with Crippen LogP contribution in [-0.2, 0) is 4.79 Å². The molecule has 0 fully saturated rings. The molecule has 0 spiro atoms. The van der Waals surface area contributed by atoms with Gasteiger partial charge in [0.05, 0.1) is 0 Å². The number of nitrogens with zero attached hydrogens (tertiary/aromatic N) is 1. The van der Waals surface area contributed by atoms with E-state index in [0.29, 0.717) is 24.3 Å². The quantitative estimate of drug-likeness (QED) is 0.693. The molecule has 3 nitrogen and oxygen atoms in total. The third-order valence-corrected chi connectivity index (χ3v) is 3.29. The van der Waals surface area contributed by atoms with E-state index in [9.17, 15) is 4.79 Å². The van der Waals surface area contributed by atoms with Crippen molar-refractivity contribution in [2.75, 3.05) is 13.1 Å². The summed E-state index contributed by atoms with van der Waals surface area (Å²) < 4.78 is 0. The summed E-state index contributed by atoms with van der Waals surface area (Å²) in [5, 5.41) is 0. The summed E-state index contributed by atoms with van der Waals surface area (Å²) in [6, 6.07) is 0.363. The molecule has 0 aliphatic heterocycles. The maximum Gasteiger partial charge on any atom is 0.222 e. The number of carbonyl (C=O) groups excluding carboxylic acids is 1. The van der Waals surface area contributed by atoms with Crippen molar-refractivity contribution in [1.29, 1.82) is 0 Å². The Kier molecular flexibility index (Phi) is 8.26. The Hall–Kier alpha value is -0.570. The van der Waals surface area contributed by atoms with E-state index in [1.54, 1.807) is 0 Å². The van der Waals surface area contributed by atoms with E-state index >= 15 is 0 Å². The first kappa shape index (κ1) is 15.4. The normalized spacial score (nSPS) is 14.6. The van der Waals surface area contributed by atoms with Crippen molar-refractivity contribution < 1.29 is 4.79 Å². The lowest BCUT2D eigenvalue weighted by molar-refractivity contribution is -0.133. The Morgan fingerprint density at radius 2 is 1.88 bits per heavy atom. The second-order valence-electron chi connectivity index (χ2n) is 4.66. The molecular weight excluding hydrogens is 200 g/mol. The van der Waals surface area contributed by atoms with Gasteiger partial charge in [-0.1, -0.05) is 13.8 Å². The predicted octanol–water partition coefficient (Wildman–Crippen LogP) is 2.40. The molecule has 0 aromatic carbocycles. The van der Waals surface area contributed by atoms with E-state index in [4.69, 9.17) is 5.73 Å². The fourth-order valence-corrected chi connectivity index (χ4v) is 1.90. The Labute approximate surface area is 100 Å². The zero-order valence-electron chi connectivity index (χ0n) is 11.3. The summed E-state index contributed by atoms with van der Waals surface area (Å²) >= 11 is 0. The Morgan fingerprint density at radius 1 is 1.25 bits per heavy atom. The van der Waals surface area contributed by atoms with Crippen LogP contribution in [-0.4, -0.2) is 29.9 Å². The fraction of sp³-hybridized carbons (Fsp3) is 0.923. The monoisotopic (exact) mass is 228 g/mol. The summed E-state index contributed by atoms with van der Waals surface area (Å²) in [6.07, 6.45) is 3.67. The lowest BCUT2D eigenvalue weighted by Crippen LogP contribution is -2.38. The van der Waals surface area contributed by atoms with Gasteiger partial charge in [-0.05, 0) is 45.6 Å². The lowest BCUT2D eigenvalue weighted by Gasteiger charge is -2.27. The topological polar surface area (TPSA) is 46.3 Å². The summed E-state index contributed by atoms with van der Waals surface area (Å²) in [5.41, 5.74) is 5.50. The third kappa shape index (κ3) is 5.50. The van der Waals surface area contributed by atoms with Gasteiger partial charge in [-0.2, -0.15) is 0 Å². The second kappa shape index (κ2) is 8.57. The van der Waals surface area contributed by atoms with Crippen LogP contribution in [0.2, 0.25) is 0 Å². The van der Waals surface area contributed by atoms with Crippen LogP contribution in [0.25, 0.3) is 0 Å². The van der Waals surface area contributed by atoms with Crippen LogP contribution in [0.15, 0.2) is 0 Å². The SMILES string of the molecule is CCC(C)N(CC)C(=O)CCC(C)CCN. The van der Waals surface area contributed by atoms with E-state index in [0.717, 1.165) is 32.4 Å². The highest BCUT2D eigenvalue weighted by Crippen LogP contribution is 2.13. The van der Waals surface area contributed by atoms with Gasteiger partial charge in [-0.15, -0.1) is 0 Å². The standard InChI is InChI=1S/C13H28N2O/c1-5-12(4)15(6-2)13(16)8-7-11(3)9-10-14/h11-12H,5-10,14H2,1-4H3. The molecule has 0 saturated carbocycles. The smallest absolute Gasteiger partial charge is 0.222 e. The molecule has 0 saturated heterocycles. The summed E-state index contributed by atoms with van der Waals surface area (Å²) in [7, 11) is 0. The van der Waals surface area contributed by atoms with Crippen molar-refractivity contribution in [3.05, 3.63) is 0 Å². The predicted molar refractivity (Wildman–Crippen MR) is 69.2 cm³/mol. The first-order valence-corrected chi connectivity index (χ1v) is 6.56. The maximum absolute atomic E-state index is 12.0. The van der Waals surface area contributed by atoms with Gasteiger partial charge in [0.15, 0.2) is 0 Å². The van der Waals surface area contributed by atoms with Crippen LogP contribution in [0, 0.1) is 5.92 Å². The Bertz CT molecular complexity index is 194. The average molecular weight is 228 g/mol. The van der Waals surface area contributed by atoms with Gasteiger partial charge in [-0.25, -0.2) is 0 Å². The minimum absolute atomic E-state index is 0.292. The molecule has 0 aromatic heterocycles. The molecule has 3 heteroatoms. The van der Waals surface area contributed by atoms with Crippen LogP contribution in [0.5, 0.6) is 0 Å². The van der Waals surface area contributed by atoms with E-state index < -0.39 is 0 Å². The fourth-order valence-electron chi connectivity index (χ4n) is 1.90. The number of hydrogen-bond donors (Lipinski definition) is 1. The zero-order chi connectivity index (χ0) is 12.6. The molecule has 0 aliphatic carbocycles. The molecule has 2 N–H and O–H groups in total. The molecule has 0 heterocycles. The second-order valence-corrected chi connectivity index (χ2v) is 4.66. The van der Waals surface area contributed by atoms with Gasteiger partial charge in [0.2, 0.25) is 5.91 Å². The molecular formula is C13H28N2O. The number of nitrogens with two attached hydrogens (primary N) is 1. The molecule has 96 valence electrons. The van der Waals surface area contributed by atoms with Gasteiger partial charge < -0.3 is 10.6 Å². The minimum Gasteiger partial charge on any atom is -0.340 e. The van der Waals surface area contributed by atoms with E-state index in [1.807, 2.05) is 11.8 Å². The van der Waals surface area contributed by atoms with Crippen LogP contribution in [0.1, 0.15) is 53.4 Å². The zero-order valence-corrected chi connectivity index (χ0v) is 11.3. The van der Waals surface area contributed by atoms with Crippen LogP contribution < -0.4 is 5.73 Å². The molecule has 2 atom stereocenters. The van der Waals surface area contributed by atoms with E-state index in [1.165, 1.54) is 0 Å². The molecule has 0 radical (unpaired) electrons. The van der Waals surface area contributed by atoms with Gasteiger partial charge in [0.1, 0.15) is 0 Å². The van der Waals surface area contributed by atoms with Gasteiger partial charge in [0, 0.05) is 19.0 Å². The van der Waals surface area contributed by atoms with Crippen LogP contribution >= 0.6 is 0 Å². The number of carbonyl (C=O) groups is 1. The molecule has 1 amide bonds. The van der Waals surface area contributed by atoms with Crippen molar-refractivity contribution in [3.63, 3.8) is 0 Å². The van der Waals surface area contributed by atoms with Crippen LogP contribution in [0.4, 0.5) is 0 Å². The van der Waals surface area contributed by atoms with Crippen LogP contribution in [0.3, 0.4) is 0 Å². The first-order chi connectivity index (χ1) is 7.56. The highest BCUT2D eigenvalue weighted by atomic mass is 16.2. The summed E-state index contributed by atoms with van der Waals surface area (Å²) in [5.74, 6) is 0.852. The molecule has 2 unspecified atom stereocenters. The number of hydrogen-bond acceptors (Lipinski definition) is 2. The van der Waals surface area contributed by atoms with E-state index in [2.05, 4.69) is 20.8 Å². The highest BCUT2D eigenvalue weighted by molar-refractivity contribution is 5.76. The summed E-state index contributed by atoms with van der Waals surface area (Å²) in [4.78, 5) is 14.0. The maximum atomic E-state index is 12.0. The van der Waals surface area contributed by atoms with Crippen molar-refractivity contribution in [3.8, 4) is 0 Å². The Balaban J connectivity index is 4.02. The molecule has 0 rings (SSSR count). The van der Waals surface area contributed by atoms with Crippen molar-refractivity contribution >= 4 is 5.91 Å². The van der Waals surface area contributed by atoms with Gasteiger partial charge in [0.25, 0.3) is 0 Å². The van der Waals surface area contributed by atoms with Crippen molar-refractivity contribution in [1.82, 2.24) is 4.90 Å². The Morgan fingerprint density at radius 3 is 2.31 bits per heavy atom. The minimum atomic E-state index is 0.292. The first-order valence-electron chi connectivity index (χ1n) is 6.56. The van der Waals surface area contributed by atoms with Crippen molar-refractivity contribution in [2.45, 2.75) is 59.4 Å². The molecule has 16 heavy (non-hydrogen) atoms. The third-order valence-electron chi connectivity index (χ3n) is 3.29. The lowest BCUT2D eigenvalue weighted by atomic mass is 10.0. The molecule has 0 aliphatic rings.